The third kappa shape index (κ3) is 3.98. The molecule has 138 valence electrons. The fourth-order valence-corrected chi connectivity index (χ4v) is 3.89. The number of benzene rings is 1. The Morgan fingerprint density at radius 2 is 1.88 bits per heavy atom. The van der Waals surface area contributed by atoms with Gasteiger partial charge in [0.25, 0.3) is 0 Å². The normalized spacial score (nSPS) is 18.8. The second-order valence-electron chi connectivity index (χ2n) is 7.69. The van der Waals surface area contributed by atoms with Crippen molar-refractivity contribution in [1.82, 2.24) is 19.4 Å². The number of amides is 1. The molecule has 0 unspecified atom stereocenters. The second-order valence-corrected chi connectivity index (χ2v) is 7.69. The zero-order valence-electron chi connectivity index (χ0n) is 15.6. The molecule has 1 aromatic heterocycles. The lowest BCUT2D eigenvalue weighted by molar-refractivity contribution is -0.138. The number of rotatable bonds is 6. The molecule has 1 aliphatic heterocycles. The van der Waals surface area contributed by atoms with Crippen molar-refractivity contribution in [3.05, 3.63) is 54.1 Å². The van der Waals surface area contributed by atoms with Gasteiger partial charge in [-0.3, -0.25) is 9.69 Å². The highest BCUT2D eigenvalue weighted by atomic mass is 16.2. The molecule has 1 aromatic carbocycles. The van der Waals surface area contributed by atoms with Crippen LogP contribution in [0, 0.1) is 5.92 Å². The van der Waals surface area contributed by atoms with Crippen molar-refractivity contribution in [2.24, 2.45) is 13.0 Å². The van der Waals surface area contributed by atoms with Crippen LogP contribution in [0.15, 0.2) is 42.7 Å². The molecule has 2 aromatic rings. The van der Waals surface area contributed by atoms with E-state index in [1.165, 1.54) is 5.56 Å². The monoisotopic (exact) mass is 352 g/mol. The second kappa shape index (κ2) is 7.62. The lowest BCUT2D eigenvalue weighted by atomic mass is 9.94. The quantitative estimate of drug-likeness (QED) is 0.803. The van der Waals surface area contributed by atoms with Crippen LogP contribution in [0.2, 0.25) is 0 Å². The van der Waals surface area contributed by atoms with Gasteiger partial charge < -0.3 is 9.47 Å². The van der Waals surface area contributed by atoms with Crippen LogP contribution in [0.3, 0.4) is 0 Å². The number of aromatic nitrogens is 2. The Kier molecular flexibility index (Phi) is 5.07. The van der Waals surface area contributed by atoms with Gasteiger partial charge in [0.05, 0.1) is 6.54 Å². The number of hydrogen-bond acceptors (Lipinski definition) is 3. The molecule has 0 bridgehead atoms. The summed E-state index contributed by atoms with van der Waals surface area (Å²) in [4.78, 5) is 22.1. The first-order chi connectivity index (χ1) is 12.7. The lowest BCUT2D eigenvalue weighted by Gasteiger charge is -2.34. The summed E-state index contributed by atoms with van der Waals surface area (Å²) in [5.74, 6) is 1.49. The highest BCUT2D eigenvalue weighted by Gasteiger charge is 2.37. The third-order valence-electron chi connectivity index (χ3n) is 5.69. The van der Waals surface area contributed by atoms with E-state index in [1.807, 2.05) is 24.0 Å². The maximum atomic E-state index is 13.2. The zero-order valence-corrected chi connectivity index (χ0v) is 15.6. The molecule has 0 atom stereocenters. The molecule has 1 saturated heterocycles. The summed E-state index contributed by atoms with van der Waals surface area (Å²) >= 11 is 0. The van der Waals surface area contributed by atoms with Crippen molar-refractivity contribution >= 4 is 5.91 Å². The predicted molar refractivity (Wildman–Crippen MR) is 101 cm³/mol. The number of carbonyl (C=O) groups excluding carboxylic acids is 1. The number of imidazole rings is 1. The Morgan fingerprint density at radius 3 is 2.50 bits per heavy atom. The maximum Gasteiger partial charge on any atom is 0.226 e. The zero-order chi connectivity index (χ0) is 17.9. The molecule has 4 rings (SSSR count). The van der Waals surface area contributed by atoms with E-state index in [-0.39, 0.29) is 5.92 Å². The van der Waals surface area contributed by atoms with E-state index in [0.29, 0.717) is 18.5 Å². The summed E-state index contributed by atoms with van der Waals surface area (Å²) in [5, 5.41) is 0. The van der Waals surface area contributed by atoms with Crippen LogP contribution in [0.25, 0.3) is 0 Å². The molecular weight excluding hydrogens is 324 g/mol. The van der Waals surface area contributed by atoms with Crippen molar-refractivity contribution < 1.29 is 4.79 Å². The van der Waals surface area contributed by atoms with Crippen LogP contribution >= 0.6 is 0 Å². The van der Waals surface area contributed by atoms with Gasteiger partial charge in [-0.15, -0.1) is 0 Å². The fourth-order valence-electron chi connectivity index (χ4n) is 3.89. The first-order valence-electron chi connectivity index (χ1n) is 9.73. The molecule has 5 heteroatoms. The molecule has 0 N–H and O–H groups in total. The summed E-state index contributed by atoms with van der Waals surface area (Å²) in [6.45, 7) is 3.65. The highest BCUT2D eigenvalue weighted by Crippen LogP contribution is 2.31. The molecule has 26 heavy (non-hydrogen) atoms. The van der Waals surface area contributed by atoms with Crippen LogP contribution in [0.1, 0.15) is 37.1 Å². The van der Waals surface area contributed by atoms with Crippen LogP contribution in [-0.4, -0.2) is 44.4 Å². The molecule has 1 saturated carbocycles. The van der Waals surface area contributed by atoms with E-state index >= 15 is 0 Å². The number of likely N-dealkylation sites (tertiary alicyclic amines) is 1. The minimum Gasteiger partial charge on any atom is -0.337 e. The lowest BCUT2D eigenvalue weighted by Crippen LogP contribution is -2.43. The standard InChI is InChI=1S/C21H28N4O/c1-23-14-11-22-20(23)16-25(19-7-8-19)21(26)18-9-12-24(13-10-18)15-17-5-3-2-4-6-17/h2-6,11,14,18-19H,7-10,12-13,15-16H2,1H3. The molecule has 2 heterocycles. The Hall–Kier alpha value is -2.14. The fraction of sp³-hybridized carbons (Fsp3) is 0.524. The Balaban J connectivity index is 1.34. The number of nitrogens with zero attached hydrogens (tertiary/aromatic N) is 4. The van der Waals surface area contributed by atoms with Crippen molar-refractivity contribution in [3.63, 3.8) is 0 Å². The van der Waals surface area contributed by atoms with Gasteiger partial charge in [-0.2, -0.15) is 0 Å². The SMILES string of the molecule is Cn1ccnc1CN(C(=O)C1CCN(Cc2ccccc2)CC1)C1CC1. The number of carbonyl (C=O) groups is 1. The Morgan fingerprint density at radius 1 is 1.15 bits per heavy atom. The number of piperidine rings is 1. The van der Waals surface area contributed by atoms with E-state index in [0.717, 1.165) is 51.1 Å². The number of hydrogen-bond donors (Lipinski definition) is 0. The van der Waals surface area contributed by atoms with Gasteiger partial charge >= 0.3 is 0 Å². The molecule has 0 spiro atoms. The van der Waals surface area contributed by atoms with Gasteiger partial charge in [-0.05, 0) is 44.3 Å². The van der Waals surface area contributed by atoms with Gasteiger partial charge in [0.1, 0.15) is 5.82 Å². The molecule has 1 amide bonds. The summed E-state index contributed by atoms with van der Waals surface area (Å²) < 4.78 is 2.02. The van der Waals surface area contributed by atoms with Gasteiger partial charge in [0, 0.05) is 37.9 Å². The molecule has 5 nitrogen and oxygen atoms in total. The van der Waals surface area contributed by atoms with Crippen LogP contribution in [-0.2, 0) is 24.9 Å². The maximum absolute atomic E-state index is 13.2. The molecule has 0 radical (unpaired) electrons. The predicted octanol–water partition coefficient (Wildman–Crippen LogP) is 2.82. The summed E-state index contributed by atoms with van der Waals surface area (Å²) in [5.41, 5.74) is 1.35. The van der Waals surface area contributed by atoms with E-state index in [9.17, 15) is 4.79 Å². The van der Waals surface area contributed by atoms with Crippen molar-refractivity contribution in [3.8, 4) is 0 Å². The number of aryl methyl sites for hydroxylation is 1. The third-order valence-corrected chi connectivity index (χ3v) is 5.69. The largest absolute Gasteiger partial charge is 0.337 e. The van der Waals surface area contributed by atoms with Crippen molar-refractivity contribution in [2.75, 3.05) is 13.1 Å². The molecule has 1 aliphatic carbocycles. The van der Waals surface area contributed by atoms with Gasteiger partial charge in [-0.25, -0.2) is 4.98 Å². The average Bonchev–Trinajstić information content (AvgIpc) is 3.43. The molecule has 2 fully saturated rings. The van der Waals surface area contributed by atoms with Crippen molar-refractivity contribution in [1.29, 1.82) is 0 Å². The van der Waals surface area contributed by atoms with Gasteiger partial charge in [0.2, 0.25) is 5.91 Å². The smallest absolute Gasteiger partial charge is 0.226 e. The summed E-state index contributed by atoms with van der Waals surface area (Å²) in [7, 11) is 2.00. The Labute approximate surface area is 155 Å². The van der Waals surface area contributed by atoms with Gasteiger partial charge in [-0.1, -0.05) is 30.3 Å². The van der Waals surface area contributed by atoms with Gasteiger partial charge in [0.15, 0.2) is 0 Å². The van der Waals surface area contributed by atoms with E-state index in [1.54, 1.807) is 0 Å². The summed E-state index contributed by atoms with van der Waals surface area (Å²) in [6, 6.07) is 11.0. The van der Waals surface area contributed by atoms with Crippen molar-refractivity contribution in [2.45, 2.75) is 44.8 Å². The van der Waals surface area contributed by atoms with Crippen LogP contribution < -0.4 is 0 Å². The average molecular weight is 352 g/mol. The van der Waals surface area contributed by atoms with E-state index in [4.69, 9.17) is 0 Å². The topological polar surface area (TPSA) is 41.4 Å². The van der Waals surface area contributed by atoms with Crippen LogP contribution in [0.4, 0.5) is 0 Å². The minimum absolute atomic E-state index is 0.169. The van der Waals surface area contributed by atoms with Crippen LogP contribution in [0.5, 0.6) is 0 Å². The minimum atomic E-state index is 0.169. The molecule has 2 aliphatic rings. The summed E-state index contributed by atoms with van der Waals surface area (Å²) in [6.07, 6.45) is 7.98. The first kappa shape index (κ1) is 17.3. The molecular formula is C21H28N4O. The van der Waals surface area contributed by atoms with E-state index < -0.39 is 0 Å². The Bertz CT molecular complexity index is 729. The van der Waals surface area contributed by atoms with E-state index in [2.05, 4.69) is 45.1 Å². The highest BCUT2D eigenvalue weighted by molar-refractivity contribution is 5.79. The first-order valence-corrected chi connectivity index (χ1v) is 9.73.